The van der Waals surface area contributed by atoms with Crippen molar-refractivity contribution in [1.82, 2.24) is 0 Å². The summed E-state index contributed by atoms with van der Waals surface area (Å²) in [7, 11) is -4.32. The SMILES string of the molecule is CCCCCCCCCCCCCCCCCC(=O)OC[C@H](COP(=O)(O)OCC[NH3+])OC(=O)CCCCCCCCCCCCC. The molecule has 0 radical (unpaired) electrons. The zero-order valence-corrected chi connectivity index (χ0v) is 31.6. The molecule has 0 fully saturated rings. The van der Waals surface area contributed by atoms with Gasteiger partial charge in [0.25, 0.3) is 0 Å². The summed E-state index contributed by atoms with van der Waals surface area (Å²) in [6, 6.07) is 0. The molecule has 0 rings (SSSR count). The Morgan fingerprint density at radius 2 is 0.915 bits per heavy atom. The molecule has 47 heavy (non-hydrogen) atoms. The fraction of sp³-hybridized carbons (Fsp3) is 0.946. The molecule has 0 amide bonds. The predicted molar refractivity (Wildman–Crippen MR) is 191 cm³/mol. The average Bonchev–Trinajstić information content (AvgIpc) is 3.05. The van der Waals surface area contributed by atoms with Crippen LogP contribution in [-0.4, -0.2) is 49.3 Å². The lowest BCUT2D eigenvalue weighted by Crippen LogP contribution is -2.52. The molecule has 280 valence electrons. The highest BCUT2D eigenvalue weighted by molar-refractivity contribution is 7.47. The van der Waals surface area contributed by atoms with Crippen LogP contribution in [0.15, 0.2) is 0 Å². The number of hydrogen-bond donors (Lipinski definition) is 2. The lowest BCUT2D eigenvalue weighted by Gasteiger charge is -2.19. The van der Waals surface area contributed by atoms with Crippen molar-refractivity contribution in [3.63, 3.8) is 0 Å². The van der Waals surface area contributed by atoms with Crippen molar-refractivity contribution in [2.75, 3.05) is 26.4 Å². The van der Waals surface area contributed by atoms with E-state index in [1.54, 1.807) is 0 Å². The van der Waals surface area contributed by atoms with Crippen molar-refractivity contribution in [3.8, 4) is 0 Å². The van der Waals surface area contributed by atoms with Crippen molar-refractivity contribution >= 4 is 19.8 Å². The number of esters is 2. The van der Waals surface area contributed by atoms with E-state index >= 15 is 0 Å². The standard InChI is InChI=1S/C37H74NO8P/c1-3-5-7-9-11-13-15-16-17-18-20-21-23-25-27-29-36(39)43-33-35(34-45-47(41,42)44-32-31-38)46-37(40)30-28-26-24-22-19-14-12-10-8-6-4-2/h35H,3-34,38H2,1-2H3,(H,41,42)/p+1/t35-/m1/s1. The number of phosphoric acid groups is 1. The highest BCUT2D eigenvalue weighted by atomic mass is 31.2. The third-order valence-corrected chi connectivity index (χ3v) is 9.50. The van der Waals surface area contributed by atoms with Gasteiger partial charge in [0.1, 0.15) is 13.2 Å². The molecule has 10 heteroatoms. The largest absolute Gasteiger partial charge is 0.472 e. The fourth-order valence-corrected chi connectivity index (χ4v) is 6.38. The van der Waals surface area contributed by atoms with E-state index in [0.29, 0.717) is 19.4 Å². The molecule has 0 aromatic heterocycles. The van der Waals surface area contributed by atoms with E-state index in [4.69, 9.17) is 18.5 Å². The molecule has 9 nitrogen and oxygen atoms in total. The van der Waals surface area contributed by atoms with Crippen molar-refractivity contribution in [2.24, 2.45) is 0 Å². The maximum atomic E-state index is 12.5. The molecule has 0 aliphatic heterocycles. The number of ether oxygens (including phenoxy) is 2. The van der Waals surface area contributed by atoms with Gasteiger partial charge in [0.2, 0.25) is 0 Å². The van der Waals surface area contributed by atoms with Crippen LogP contribution in [0.2, 0.25) is 0 Å². The van der Waals surface area contributed by atoms with Crippen LogP contribution >= 0.6 is 7.82 Å². The average molecular weight is 693 g/mol. The summed E-state index contributed by atoms with van der Waals surface area (Å²) in [6.45, 7) is 4.14. The van der Waals surface area contributed by atoms with Gasteiger partial charge in [-0.25, -0.2) is 4.57 Å². The van der Waals surface area contributed by atoms with Crippen LogP contribution in [0.4, 0.5) is 0 Å². The summed E-state index contributed by atoms with van der Waals surface area (Å²) in [5.41, 5.74) is 3.57. The van der Waals surface area contributed by atoms with Gasteiger partial charge in [0.05, 0.1) is 13.2 Å². The first kappa shape index (κ1) is 46.0. The number of carbonyl (C=O) groups is 2. The van der Waals surface area contributed by atoms with Crippen LogP contribution in [0.1, 0.15) is 194 Å². The van der Waals surface area contributed by atoms with Crippen LogP contribution in [0.3, 0.4) is 0 Å². The molecule has 0 spiro atoms. The van der Waals surface area contributed by atoms with E-state index in [1.807, 2.05) is 0 Å². The molecule has 1 unspecified atom stereocenters. The maximum absolute atomic E-state index is 12.5. The lowest BCUT2D eigenvalue weighted by atomic mass is 10.0. The Morgan fingerprint density at radius 3 is 1.30 bits per heavy atom. The van der Waals surface area contributed by atoms with Gasteiger partial charge in [0, 0.05) is 12.8 Å². The van der Waals surface area contributed by atoms with Gasteiger partial charge < -0.3 is 20.1 Å². The quantitative estimate of drug-likeness (QED) is 0.0373. The first-order chi connectivity index (χ1) is 22.8. The number of rotatable bonds is 37. The number of unbranched alkanes of at least 4 members (excludes halogenated alkanes) is 24. The van der Waals surface area contributed by atoms with E-state index in [0.717, 1.165) is 32.1 Å². The first-order valence-corrected chi connectivity index (χ1v) is 21.1. The molecule has 0 heterocycles. The highest BCUT2D eigenvalue weighted by Gasteiger charge is 2.26. The van der Waals surface area contributed by atoms with Crippen LogP contribution in [0, 0.1) is 0 Å². The summed E-state index contributed by atoms with van der Waals surface area (Å²) in [4.78, 5) is 34.7. The van der Waals surface area contributed by atoms with E-state index in [9.17, 15) is 19.0 Å². The Balaban J connectivity index is 4.15. The smallest absolute Gasteiger partial charge is 0.462 e. The number of carbonyl (C=O) groups excluding carboxylic acids is 2. The van der Waals surface area contributed by atoms with Gasteiger partial charge in [-0.1, -0.05) is 168 Å². The van der Waals surface area contributed by atoms with E-state index in [2.05, 4.69) is 19.6 Å². The van der Waals surface area contributed by atoms with Crippen molar-refractivity contribution < 1.29 is 43.3 Å². The second-order valence-corrected chi connectivity index (χ2v) is 14.7. The molecule has 0 bridgehead atoms. The number of quaternary nitrogens is 1. The van der Waals surface area contributed by atoms with E-state index in [1.165, 1.54) is 128 Å². The zero-order chi connectivity index (χ0) is 34.7. The summed E-state index contributed by atoms with van der Waals surface area (Å²) >= 11 is 0. The summed E-state index contributed by atoms with van der Waals surface area (Å²) < 4.78 is 32.8. The predicted octanol–water partition coefficient (Wildman–Crippen LogP) is 9.78. The van der Waals surface area contributed by atoms with Crippen molar-refractivity contribution in [3.05, 3.63) is 0 Å². The minimum atomic E-state index is -4.32. The molecule has 0 aliphatic rings. The molecule has 0 aliphatic carbocycles. The monoisotopic (exact) mass is 693 g/mol. The fourth-order valence-electron chi connectivity index (χ4n) is 5.59. The van der Waals surface area contributed by atoms with Gasteiger partial charge in [0.15, 0.2) is 6.10 Å². The third kappa shape index (κ3) is 34.7. The highest BCUT2D eigenvalue weighted by Crippen LogP contribution is 2.43. The number of hydrogen-bond acceptors (Lipinski definition) is 7. The van der Waals surface area contributed by atoms with Gasteiger partial charge >= 0.3 is 19.8 Å². The molecular weight excluding hydrogens is 617 g/mol. The van der Waals surface area contributed by atoms with Crippen LogP contribution in [0.25, 0.3) is 0 Å². The third-order valence-electron chi connectivity index (χ3n) is 8.52. The summed E-state index contributed by atoms with van der Waals surface area (Å²) in [5.74, 6) is -0.800. The Bertz CT molecular complexity index is 754. The molecule has 4 N–H and O–H groups in total. The Morgan fingerprint density at radius 1 is 0.553 bits per heavy atom. The molecule has 0 aromatic carbocycles. The molecule has 0 aromatic rings. The minimum absolute atomic E-state index is 0.0364. The molecule has 0 saturated carbocycles. The van der Waals surface area contributed by atoms with Crippen molar-refractivity contribution in [2.45, 2.75) is 200 Å². The van der Waals surface area contributed by atoms with Gasteiger partial charge in [-0.3, -0.25) is 18.6 Å². The Hall–Kier alpha value is -0.990. The zero-order valence-electron chi connectivity index (χ0n) is 30.7. The lowest BCUT2D eigenvalue weighted by molar-refractivity contribution is -0.371. The van der Waals surface area contributed by atoms with Crippen LogP contribution < -0.4 is 5.73 Å². The summed E-state index contributed by atoms with van der Waals surface area (Å²) in [6.07, 6.45) is 31.4. The van der Waals surface area contributed by atoms with Gasteiger partial charge in [-0.15, -0.1) is 0 Å². The minimum Gasteiger partial charge on any atom is -0.462 e. The van der Waals surface area contributed by atoms with Gasteiger partial charge in [-0.05, 0) is 12.8 Å². The summed E-state index contributed by atoms with van der Waals surface area (Å²) in [5, 5.41) is 0. The Labute approximate surface area is 288 Å². The molecular formula is C37H75NO8P+. The second-order valence-electron chi connectivity index (χ2n) is 13.2. The normalized spacial score (nSPS) is 13.4. The van der Waals surface area contributed by atoms with E-state index in [-0.39, 0.29) is 25.6 Å². The Kier molecular flexibility index (Phi) is 34.1. The van der Waals surface area contributed by atoms with Crippen LogP contribution in [0.5, 0.6) is 0 Å². The van der Waals surface area contributed by atoms with Gasteiger partial charge in [-0.2, -0.15) is 0 Å². The maximum Gasteiger partial charge on any atom is 0.472 e. The number of phosphoric ester groups is 1. The van der Waals surface area contributed by atoms with Crippen LogP contribution in [-0.2, 0) is 32.7 Å². The van der Waals surface area contributed by atoms with E-state index < -0.39 is 26.5 Å². The van der Waals surface area contributed by atoms with Crippen molar-refractivity contribution in [1.29, 1.82) is 0 Å². The topological polar surface area (TPSA) is 136 Å². The first-order valence-electron chi connectivity index (χ1n) is 19.6. The second kappa shape index (κ2) is 34.9. The molecule has 2 atom stereocenters. The molecule has 0 saturated heterocycles.